The molecule has 3 aromatic rings. The number of benzene rings is 3. The second kappa shape index (κ2) is 5.32. The summed E-state index contributed by atoms with van der Waals surface area (Å²) < 4.78 is 6.20. The van der Waals surface area contributed by atoms with Crippen molar-refractivity contribution in [3.05, 3.63) is 60.2 Å². The molecule has 0 unspecified atom stereocenters. The number of fused-ring (bicyclic) bond motifs is 4. The van der Waals surface area contributed by atoms with Gasteiger partial charge in [-0.1, -0.05) is 48.5 Å². The van der Waals surface area contributed by atoms with Gasteiger partial charge < -0.3 is 4.74 Å². The number of ether oxygens (including phenoxy) is 1. The lowest BCUT2D eigenvalue weighted by molar-refractivity contribution is -0.0366. The maximum Gasteiger partial charge on any atom is 0.339 e. The summed E-state index contributed by atoms with van der Waals surface area (Å²) >= 11 is 0. The number of rotatable bonds is 2. The minimum atomic E-state index is -0.294. The maximum absolute atomic E-state index is 13.3. The van der Waals surface area contributed by atoms with Crippen LogP contribution in [-0.4, -0.2) is 11.6 Å². The molecule has 3 aromatic carbocycles. The van der Waals surface area contributed by atoms with Crippen LogP contribution in [0.4, 0.5) is 0 Å². The lowest BCUT2D eigenvalue weighted by Crippen LogP contribution is -2.37. The van der Waals surface area contributed by atoms with E-state index in [-0.39, 0.29) is 11.6 Å². The number of hydrogen-bond acceptors (Lipinski definition) is 2. The zero-order valence-corrected chi connectivity index (χ0v) is 14.5. The molecule has 0 aromatic heterocycles. The van der Waals surface area contributed by atoms with Crippen LogP contribution in [0.1, 0.15) is 43.0 Å². The smallest absolute Gasteiger partial charge is 0.339 e. The highest BCUT2D eigenvalue weighted by Crippen LogP contribution is 2.52. The van der Waals surface area contributed by atoms with Crippen molar-refractivity contribution in [1.82, 2.24) is 0 Å². The second-order valence-electron chi connectivity index (χ2n) is 7.98. The minimum absolute atomic E-state index is 0.164. The molecule has 0 amide bonds. The van der Waals surface area contributed by atoms with E-state index in [0.717, 1.165) is 39.4 Å². The molecule has 0 spiro atoms. The fraction of sp³-hybridized carbons (Fsp3) is 0.348. The van der Waals surface area contributed by atoms with Gasteiger partial charge in [-0.3, -0.25) is 0 Å². The number of carbonyl (C=O) groups excluding carboxylic acids is 1. The SMILES string of the molecule is C[C@]1(OC(=O)c2c3ccccc3cc3ccccc23)C[C@H]2CC[C@@H]1C2. The largest absolute Gasteiger partial charge is 0.455 e. The Morgan fingerprint density at radius 3 is 2.20 bits per heavy atom. The zero-order chi connectivity index (χ0) is 17.0. The Kier molecular flexibility index (Phi) is 3.18. The zero-order valence-electron chi connectivity index (χ0n) is 14.5. The van der Waals surface area contributed by atoms with Crippen molar-refractivity contribution in [2.45, 2.75) is 38.2 Å². The van der Waals surface area contributed by atoms with Crippen molar-refractivity contribution in [2.75, 3.05) is 0 Å². The highest BCUT2D eigenvalue weighted by Gasteiger charge is 2.50. The summed E-state index contributed by atoms with van der Waals surface area (Å²) in [5.74, 6) is 1.11. The Hall–Kier alpha value is -2.35. The third kappa shape index (κ3) is 2.27. The first kappa shape index (κ1) is 14.9. The summed E-state index contributed by atoms with van der Waals surface area (Å²) in [5, 5.41) is 4.15. The Morgan fingerprint density at radius 2 is 1.64 bits per heavy atom. The molecule has 2 aliphatic carbocycles. The average molecular weight is 330 g/mol. The van der Waals surface area contributed by atoms with Gasteiger partial charge >= 0.3 is 5.97 Å². The molecule has 2 nitrogen and oxygen atoms in total. The van der Waals surface area contributed by atoms with Crippen LogP contribution in [-0.2, 0) is 4.74 Å². The number of esters is 1. The minimum Gasteiger partial charge on any atom is -0.455 e. The van der Waals surface area contributed by atoms with Crippen molar-refractivity contribution >= 4 is 27.5 Å². The van der Waals surface area contributed by atoms with E-state index < -0.39 is 0 Å². The van der Waals surface area contributed by atoms with E-state index in [1.54, 1.807) is 0 Å². The summed E-state index contributed by atoms with van der Waals surface area (Å²) in [6.45, 7) is 2.14. The van der Waals surface area contributed by atoms with Gasteiger partial charge in [-0.05, 0) is 72.1 Å². The summed E-state index contributed by atoms with van der Waals surface area (Å²) in [6.07, 6.45) is 4.74. The van der Waals surface area contributed by atoms with E-state index in [4.69, 9.17) is 4.74 Å². The second-order valence-corrected chi connectivity index (χ2v) is 7.98. The number of hydrogen-bond donors (Lipinski definition) is 0. The predicted octanol–water partition coefficient (Wildman–Crippen LogP) is 5.73. The molecule has 0 aliphatic heterocycles. The van der Waals surface area contributed by atoms with Crippen molar-refractivity contribution < 1.29 is 9.53 Å². The van der Waals surface area contributed by atoms with Crippen LogP contribution < -0.4 is 0 Å². The topological polar surface area (TPSA) is 26.3 Å². The van der Waals surface area contributed by atoms with E-state index in [1.807, 2.05) is 36.4 Å². The van der Waals surface area contributed by atoms with E-state index in [2.05, 4.69) is 25.1 Å². The molecular weight excluding hydrogens is 308 g/mol. The third-order valence-corrected chi connectivity index (χ3v) is 6.40. The molecule has 2 fully saturated rings. The summed E-state index contributed by atoms with van der Waals surface area (Å²) in [6, 6.07) is 18.4. The summed E-state index contributed by atoms with van der Waals surface area (Å²) in [7, 11) is 0. The summed E-state index contributed by atoms with van der Waals surface area (Å²) in [4.78, 5) is 13.3. The van der Waals surface area contributed by atoms with E-state index in [1.165, 1.54) is 19.3 Å². The normalized spacial score (nSPS) is 27.9. The molecule has 2 saturated carbocycles. The van der Waals surface area contributed by atoms with E-state index in [9.17, 15) is 4.79 Å². The lowest BCUT2D eigenvalue weighted by atomic mass is 9.85. The van der Waals surface area contributed by atoms with Gasteiger partial charge in [0.15, 0.2) is 0 Å². The van der Waals surface area contributed by atoms with Gasteiger partial charge in [0, 0.05) is 0 Å². The van der Waals surface area contributed by atoms with Gasteiger partial charge in [0.25, 0.3) is 0 Å². The first-order valence-corrected chi connectivity index (χ1v) is 9.28. The fourth-order valence-electron chi connectivity index (χ4n) is 5.18. The molecule has 2 bridgehead atoms. The van der Waals surface area contributed by atoms with E-state index in [0.29, 0.717) is 5.92 Å². The van der Waals surface area contributed by atoms with Crippen LogP contribution in [0.2, 0.25) is 0 Å². The quantitative estimate of drug-likeness (QED) is 0.443. The highest BCUT2D eigenvalue weighted by atomic mass is 16.6. The fourth-order valence-corrected chi connectivity index (χ4v) is 5.18. The average Bonchev–Trinajstić information content (AvgIpc) is 3.19. The molecule has 5 rings (SSSR count). The van der Waals surface area contributed by atoms with Gasteiger partial charge in [-0.15, -0.1) is 0 Å². The van der Waals surface area contributed by atoms with Crippen LogP contribution in [0.25, 0.3) is 21.5 Å². The van der Waals surface area contributed by atoms with Crippen LogP contribution in [0, 0.1) is 11.8 Å². The van der Waals surface area contributed by atoms with Gasteiger partial charge in [0.1, 0.15) is 5.60 Å². The van der Waals surface area contributed by atoms with Crippen LogP contribution in [0.3, 0.4) is 0 Å². The molecule has 126 valence electrons. The molecule has 0 N–H and O–H groups in total. The molecule has 0 heterocycles. The number of carbonyl (C=O) groups is 1. The van der Waals surface area contributed by atoms with Crippen molar-refractivity contribution in [3.8, 4) is 0 Å². The standard InChI is InChI=1S/C23H22O2/c1-23(14-15-10-11-18(23)12-15)25-22(24)21-19-8-4-2-6-16(19)13-17-7-3-5-9-20(17)21/h2-9,13,15,18H,10-12,14H2,1H3/t15-,18+,23-/m0/s1. The van der Waals surface area contributed by atoms with Crippen LogP contribution in [0.15, 0.2) is 54.6 Å². The molecular formula is C23H22O2. The molecule has 3 atom stereocenters. The molecule has 2 heteroatoms. The summed E-state index contributed by atoms with van der Waals surface area (Å²) in [5.41, 5.74) is 0.426. The molecule has 0 radical (unpaired) electrons. The molecule has 25 heavy (non-hydrogen) atoms. The Bertz CT molecular complexity index is 936. The predicted molar refractivity (Wildman–Crippen MR) is 101 cm³/mol. The van der Waals surface area contributed by atoms with Crippen molar-refractivity contribution in [3.63, 3.8) is 0 Å². The van der Waals surface area contributed by atoms with Gasteiger partial charge in [0.05, 0.1) is 5.56 Å². The Morgan fingerprint density at radius 1 is 1.00 bits per heavy atom. The van der Waals surface area contributed by atoms with Crippen molar-refractivity contribution in [1.29, 1.82) is 0 Å². The van der Waals surface area contributed by atoms with Gasteiger partial charge in [0.2, 0.25) is 0 Å². The van der Waals surface area contributed by atoms with Gasteiger partial charge in [-0.25, -0.2) is 4.79 Å². The van der Waals surface area contributed by atoms with Gasteiger partial charge in [-0.2, -0.15) is 0 Å². The maximum atomic E-state index is 13.3. The third-order valence-electron chi connectivity index (χ3n) is 6.40. The first-order valence-electron chi connectivity index (χ1n) is 9.28. The Balaban J connectivity index is 1.64. The first-order chi connectivity index (χ1) is 12.1. The molecule has 0 saturated heterocycles. The highest BCUT2D eigenvalue weighted by molar-refractivity contribution is 6.16. The Labute approximate surface area is 147 Å². The van der Waals surface area contributed by atoms with Crippen LogP contribution in [0.5, 0.6) is 0 Å². The van der Waals surface area contributed by atoms with Crippen LogP contribution >= 0.6 is 0 Å². The van der Waals surface area contributed by atoms with Crippen molar-refractivity contribution in [2.24, 2.45) is 11.8 Å². The monoisotopic (exact) mass is 330 g/mol. The molecule has 2 aliphatic rings. The lowest BCUT2D eigenvalue weighted by Gasteiger charge is -2.33. The van der Waals surface area contributed by atoms with E-state index >= 15 is 0 Å².